The van der Waals surface area contributed by atoms with Crippen LogP contribution in [0.4, 0.5) is 9.18 Å². The lowest BCUT2D eigenvalue weighted by Crippen LogP contribution is -2.38. The number of nitrogens with one attached hydrogen (secondary N) is 2. The van der Waals surface area contributed by atoms with E-state index in [9.17, 15) is 14.3 Å². The molecule has 25 heavy (non-hydrogen) atoms. The molecule has 1 unspecified atom stereocenters. The second-order valence-electron chi connectivity index (χ2n) is 6.91. The molecule has 0 bridgehead atoms. The van der Waals surface area contributed by atoms with Gasteiger partial charge in [0.2, 0.25) is 0 Å². The fourth-order valence-corrected chi connectivity index (χ4v) is 3.06. The third-order valence-corrected chi connectivity index (χ3v) is 4.78. The van der Waals surface area contributed by atoms with E-state index in [1.165, 1.54) is 38.1 Å². The molecule has 1 atom stereocenters. The summed E-state index contributed by atoms with van der Waals surface area (Å²) in [5.74, 6) is 0.380. The van der Waals surface area contributed by atoms with Crippen LogP contribution in [0.5, 0.6) is 0 Å². The summed E-state index contributed by atoms with van der Waals surface area (Å²) in [7, 11) is 0. The summed E-state index contributed by atoms with van der Waals surface area (Å²) in [6, 6.07) is 5.70. The van der Waals surface area contributed by atoms with E-state index in [0.29, 0.717) is 6.54 Å². The Morgan fingerprint density at radius 2 is 2.00 bits per heavy atom. The minimum absolute atomic E-state index is 0.0151. The minimum Gasteiger partial charge on any atom is -0.386 e. The molecule has 0 radical (unpaired) electrons. The molecule has 1 heterocycles. The van der Waals surface area contributed by atoms with E-state index in [-0.39, 0.29) is 18.1 Å². The van der Waals surface area contributed by atoms with Gasteiger partial charge in [0.05, 0.1) is 6.10 Å². The Morgan fingerprint density at radius 1 is 1.28 bits per heavy atom. The van der Waals surface area contributed by atoms with Gasteiger partial charge < -0.3 is 20.6 Å². The van der Waals surface area contributed by atoms with E-state index in [2.05, 4.69) is 22.5 Å². The van der Waals surface area contributed by atoms with Crippen molar-refractivity contribution in [1.29, 1.82) is 0 Å². The van der Waals surface area contributed by atoms with Crippen LogP contribution in [0, 0.1) is 11.7 Å². The summed E-state index contributed by atoms with van der Waals surface area (Å²) >= 11 is 0. The Bertz CT molecular complexity index is 533. The Balaban J connectivity index is 1.53. The maximum Gasteiger partial charge on any atom is 0.314 e. The van der Waals surface area contributed by atoms with Crippen molar-refractivity contribution >= 4 is 6.03 Å². The Morgan fingerprint density at radius 3 is 2.72 bits per heavy atom. The van der Waals surface area contributed by atoms with Crippen LogP contribution in [-0.2, 0) is 0 Å². The number of benzene rings is 1. The highest BCUT2D eigenvalue weighted by Gasteiger charge is 2.15. The first-order valence-corrected chi connectivity index (χ1v) is 9.23. The largest absolute Gasteiger partial charge is 0.386 e. The van der Waals surface area contributed by atoms with Gasteiger partial charge in [-0.2, -0.15) is 0 Å². The fourth-order valence-electron chi connectivity index (χ4n) is 3.06. The van der Waals surface area contributed by atoms with Crippen molar-refractivity contribution in [2.24, 2.45) is 5.92 Å². The Hall–Kier alpha value is -1.66. The van der Waals surface area contributed by atoms with Gasteiger partial charge in [0, 0.05) is 18.7 Å². The van der Waals surface area contributed by atoms with Gasteiger partial charge in [-0.1, -0.05) is 25.1 Å². The zero-order chi connectivity index (χ0) is 18.1. The van der Waals surface area contributed by atoms with Crippen LogP contribution in [0.15, 0.2) is 24.3 Å². The van der Waals surface area contributed by atoms with Crippen molar-refractivity contribution in [2.75, 3.05) is 32.7 Å². The molecular weight excluding hydrogens is 321 g/mol. The molecular formula is C19H30FN3O2. The first-order valence-electron chi connectivity index (χ1n) is 9.23. The number of piperidine rings is 1. The average Bonchev–Trinajstić information content (AvgIpc) is 2.61. The summed E-state index contributed by atoms with van der Waals surface area (Å²) in [5.41, 5.74) is 0.193. The monoisotopic (exact) mass is 351 g/mol. The second-order valence-corrected chi connectivity index (χ2v) is 6.91. The van der Waals surface area contributed by atoms with Crippen molar-refractivity contribution in [3.63, 3.8) is 0 Å². The lowest BCUT2D eigenvalue weighted by atomic mass is 9.99. The number of aliphatic hydroxyl groups excluding tert-OH is 1. The molecule has 1 aromatic carbocycles. The lowest BCUT2D eigenvalue weighted by Gasteiger charge is -2.30. The maximum absolute atomic E-state index is 13.5. The molecule has 1 aliphatic rings. The van der Waals surface area contributed by atoms with Crippen LogP contribution in [0.25, 0.3) is 0 Å². The summed E-state index contributed by atoms with van der Waals surface area (Å²) in [6.07, 6.45) is 3.51. The number of halogens is 1. The van der Waals surface area contributed by atoms with Crippen molar-refractivity contribution < 1.29 is 14.3 Å². The third-order valence-electron chi connectivity index (χ3n) is 4.78. The van der Waals surface area contributed by atoms with E-state index in [1.54, 1.807) is 12.1 Å². The van der Waals surface area contributed by atoms with Crippen molar-refractivity contribution in [3.05, 3.63) is 35.6 Å². The first kappa shape index (κ1) is 19.7. The SMILES string of the molecule is CC1CCN(CCCCNC(=O)NCC(O)c2ccccc2F)CC1. The van der Waals surface area contributed by atoms with Gasteiger partial charge in [0.1, 0.15) is 5.82 Å². The average molecular weight is 351 g/mol. The number of amides is 2. The highest BCUT2D eigenvalue weighted by Crippen LogP contribution is 2.16. The van der Waals surface area contributed by atoms with Gasteiger partial charge in [0.25, 0.3) is 0 Å². The van der Waals surface area contributed by atoms with Gasteiger partial charge in [-0.25, -0.2) is 9.18 Å². The van der Waals surface area contributed by atoms with Crippen LogP contribution >= 0.6 is 0 Å². The van der Waals surface area contributed by atoms with Crippen LogP contribution in [0.3, 0.4) is 0 Å². The summed E-state index contributed by atoms with van der Waals surface area (Å²) < 4.78 is 13.5. The van der Waals surface area contributed by atoms with E-state index in [0.717, 1.165) is 25.3 Å². The summed E-state index contributed by atoms with van der Waals surface area (Å²) in [4.78, 5) is 14.2. The number of hydrogen-bond donors (Lipinski definition) is 3. The van der Waals surface area contributed by atoms with Gasteiger partial charge in [-0.05, 0) is 57.3 Å². The number of nitrogens with zero attached hydrogens (tertiary/aromatic N) is 1. The lowest BCUT2D eigenvalue weighted by molar-refractivity contribution is 0.168. The molecule has 0 aromatic heterocycles. The standard InChI is InChI=1S/C19H30FN3O2/c1-15-8-12-23(13-9-15)11-5-4-10-21-19(25)22-14-18(24)16-6-2-3-7-17(16)20/h2-3,6-7,15,18,24H,4-5,8-14H2,1H3,(H2,21,22,25). The number of hydrogen-bond acceptors (Lipinski definition) is 3. The molecule has 0 aliphatic carbocycles. The highest BCUT2D eigenvalue weighted by atomic mass is 19.1. The molecule has 1 saturated heterocycles. The number of carbonyl (C=O) groups is 1. The van der Waals surface area contributed by atoms with E-state index >= 15 is 0 Å². The van der Waals surface area contributed by atoms with Crippen molar-refractivity contribution in [3.8, 4) is 0 Å². The van der Waals surface area contributed by atoms with E-state index in [4.69, 9.17) is 0 Å². The normalized spacial score (nSPS) is 17.2. The predicted molar refractivity (Wildman–Crippen MR) is 96.8 cm³/mol. The van der Waals surface area contributed by atoms with Crippen LogP contribution in [0.1, 0.15) is 44.3 Å². The summed E-state index contributed by atoms with van der Waals surface area (Å²) in [5, 5.41) is 15.3. The highest BCUT2D eigenvalue weighted by molar-refractivity contribution is 5.73. The van der Waals surface area contributed by atoms with Gasteiger partial charge in [-0.3, -0.25) is 0 Å². The van der Waals surface area contributed by atoms with Crippen molar-refractivity contribution in [2.45, 2.75) is 38.7 Å². The first-order chi connectivity index (χ1) is 12.1. The number of carbonyl (C=O) groups excluding carboxylic acids is 1. The molecule has 0 spiro atoms. The number of aliphatic hydroxyl groups is 1. The molecule has 5 nitrogen and oxygen atoms in total. The molecule has 2 rings (SSSR count). The van der Waals surface area contributed by atoms with Crippen LogP contribution < -0.4 is 10.6 Å². The third kappa shape index (κ3) is 7.00. The van der Waals surface area contributed by atoms with Crippen molar-refractivity contribution in [1.82, 2.24) is 15.5 Å². The molecule has 1 fully saturated rings. The van der Waals surface area contributed by atoms with Gasteiger partial charge in [-0.15, -0.1) is 0 Å². The van der Waals surface area contributed by atoms with Crippen LogP contribution in [0.2, 0.25) is 0 Å². The molecule has 6 heteroatoms. The maximum atomic E-state index is 13.5. The summed E-state index contributed by atoms with van der Waals surface area (Å²) in [6.45, 7) is 6.35. The van der Waals surface area contributed by atoms with Crippen LogP contribution in [-0.4, -0.2) is 48.8 Å². The molecule has 3 N–H and O–H groups in total. The molecule has 1 aromatic rings. The number of urea groups is 1. The zero-order valence-electron chi connectivity index (χ0n) is 15.0. The van der Waals surface area contributed by atoms with Gasteiger partial charge in [0.15, 0.2) is 0 Å². The Labute approximate surface area is 149 Å². The quantitative estimate of drug-likeness (QED) is 0.631. The molecule has 2 amide bonds. The smallest absolute Gasteiger partial charge is 0.314 e. The second kappa shape index (κ2) is 10.4. The van der Waals surface area contributed by atoms with Gasteiger partial charge >= 0.3 is 6.03 Å². The fraction of sp³-hybridized carbons (Fsp3) is 0.632. The topological polar surface area (TPSA) is 64.6 Å². The molecule has 1 aliphatic heterocycles. The van der Waals surface area contributed by atoms with E-state index in [1.807, 2.05) is 0 Å². The molecule has 140 valence electrons. The number of likely N-dealkylation sites (tertiary alicyclic amines) is 1. The number of unbranched alkanes of at least 4 members (excludes halogenated alkanes) is 1. The predicted octanol–water partition coefficient (Wildman–Crippen LogP) is 2.67. The number of rotatable bonds is 8. The molecule has 0 saturated carbocycles. The minimum atomic E-state index is -1.05. The van der Waals surface area contributed by atoms with E-state index < -0.39 is 11.9 Å². The zero-order valence-corrected chi connectivity index (χ0v) is 15.0. The Kier molecular flexibility index (Phi) is 8.15.